The highest BCUT2D eigenvalue weighted by atomic mass is 32.2. The van der Waals surface area contributed by atoms with Gasteiger partial charge in [-0.2, -0.15) is 0 Å². The third-order valence-corrected chi connectivity index (χ3v) is 5.35. The van der Waals surface area contributed by atoms with Gasteiger partial charge in [0.25, 0.3) is 0 Å². The summed E-state index contributed by atoms with van der Waals surface area (Å²) in [7, 11) is -0.944. The average Bonchev–Trinajstić information content (AvgIpc) is 2.15. The van der Waals surface area contributed by atoms with Crippen LogP contribution in [0.25, 0.3) is 0 Å². The van der Waals surface area contributed by atoms with Crippen molar-refractivity contribution < 1.29 is 13.2 Å². The van der Waals surface area contributed by atoms with E-state index in [0.717, 1.165) is 25.7 Å². The normalized spacial score (nSPS) is 40.5. The lowest BCUT2D eigenvalue weighted by molar-refractivity contribution is -0.0796. The van der Waals surface area contributed by atoms with E-state index >= 15 is 0 Å². The van der Waals surface area contributed by atoms with Gasteiger partial charge in [-0.15, -0.1) is 0 Å². The predicted octanol–water partition coefficient (Wildman–Crippen LogP) is 0.332. The first-order chi connectivity index (χ1) is 7.05. The molecule has 5 heteroatoms. The molecule has 2 rings (SSSR count). The Bertz CT molecular complexity index is 324. The van der Waals surface area contributed by atoms with Crippen molar-refractivity contribution in [3.63, 3.8) is 0 Å². The second kappa shape index (κ2) is 4.03. The van der Waals surface area contributed by atoms with Gasteiger partial charge in [-0.25, -0.2) is 8.42 Å². The van der Waals surface area contributed by atoms with Gasteiger partial charge in [-0.05, 0) is 32.7 Å². The lowest BCUT2D eigenvalue weighted by atomic mass is 9.88. The van der Waals surface area contributed by atoms with E-state index in [1.807, 2.05) is 7.05 Å². The zero-order valence-electron chi connectivity index (χ0n) is 9.16. The Morgan fingerprint density at radius 3 is 2.93 bits per heavy atom. The molecule has 0 bridgehead atoms. The summed E-state index contributed by atoms with van der Waals surface area (Å²) in [4.78, 5) is 0. The Labute approximate surface area is 91.3 Å². The van der Waals surface area contributed by atoms with Crippen LogP contribution in [0.5, 0.6) is 0 Å². The lowest BCUT2D eigenvalue weighted by Crippen LogP contribution is -2.52. The summed E-state index contributed by atoms with van der Waals surface area (Å²) >= 11 is 0. The predicted molar refractivity (Wildman–Crippen MR) is 58.7 cm³/mol. The van der Waals surface area contributed by atoms with Crippen LogP contribution in [0, 0.1) is 0 Å². The third-order valence-electron chi connectivity index (χ3n) is 3.47. The van der Waals surface area contributed by atoms with Crippen molar-refractivity contribution >= 4 is 9.84 Å². The molecule has 4 nitrogen and oxygen atoms in total. The summed E-state index contributed by atoms with van der Waals surface area (Å²) in [6.45, 7) is 0.682. The maximum absolute atomic E-state index is 11.6. The summed E-state index contributed by atoms with van der Waals surface area (Å²) in [6, 6.07) is 0.409. The molecule has 0 aromatic heterocycles. The highest BCUT2D eigenvalue weighted by molar-refractivity contribution is 7.91. The highest BCUT2D eigenvalue weighted by Crippen LogP contribution is 2.34. The van der Waals surface area contributed by atoms with Crippen LogP contribution in [0.3, 0.4) is 0 Å². The summed E-state index contributed by atoms with van der Waals surface area (Å²) in [5.41, 5.74) is -0.386. The van der Waals surface area contributed by atoms with Crippen molar-refractivity contribution in [2.45, 2.75) is 37.3 Å². The number of rotatable bonds is 1. The van der Waals surface area contributed by atoms with Crippen LogP contribution in [0.2, 0.25) is 0 Å². The van der Waals surface area contributed by atoms with Gasteiger partial charge in [0, 0.05) is 12.6 Å². The molecule has 2 heterocycles. The Kier molecular flexibility index (Phi) is 3.05. The molecule has 1 spiro atoms. The van der Waals surface area contributed by atoms with E-state index < -0.39 is 9.84 Å². The van der Waals surface area contributed by atoms with E-state index in [2.05, 4.69) is 5.32 Å². The Morgan fingerprint density at radius 2 is 2.27 bits per heavy atom. The second-order valence-electron chi connectivity index (χ2n) is 4.71. The molecule has 2 fully saturated rings. The highest BCUT2D eigenvalue weighted by Gasteiger charge is 2.43. The smallest absolute Gasteiger partial charge is 0.153 e. The maximum Gasteiger partial charge on any atom is 0.153 e. The van der Waals surface area contributed by atoms with Crippen molar-refractivity contribution in [1.82, 2.24) is 5.32 Å². The van der Waals surface area contributed by atoms with Crippen LogP contribution in [-0.2, 0) is 14.6 Å². The molecule has 2 aliphatic rings. The van der Waals surface area contributed by atoms with Crippen LogP contribution in [0.1, 0.15) is 25.7 Å². The van der Waals surface area contributed by atoms with Crippen molar-refractivity contribution in [2.24, 2.45) is 0 Å². The van der Waals surface area contributed by atoms with Crippen LogP contribution in [0.4, 0.5) is 0 Å². The topological polar surface area (TPSA) is 55.4 Å². The molecule has 2 aliphatic heterocycles. The molecule has 88 valence electrons. The van der Waals surface area contributed by atoms with Gasteiger partial charge in [-0.1, -0.05) is 0 Å². The van der Waals surface area contributed by atoms with E-state index in [4.69, 9.17) is 4.74 Å². The molecule has 1 N–H and O–H groups in total. The van der Waals surface area contributed by atoms with Gasteiger partial charge in [0.2, 0.25) is 0 Å². The molecule has 0 amide bonds. The summed E-state index contributed by atoms with van der Waals surface area (Å²) in [5, 5.41) is 3.23. The Balaban J connectivity index is 2.11. The van der Waals surface area contributed by atoms with Gasteiger partial charge < -0.3 is 10.1 Å². The minimum Gasteiger partial charge on any atom is -0.374 e. The minimum absolute atomic E-state index is 0.220. The zero-order valence-corrected chi connectivity index (χ0v) is 9.98. The third kappa shape index (κ3) is 2.52. The first kappa shape index (κ1) is 11.4. The molecule has 0 saturated carbocycles. The van der Waals surface area contributed by atoms with E-state index in [1.54, 1.807) is 0 Å². The van der Waals surface area contributed by atoms with Crippen LogP contribution < -0.4 is 5.32 Å². The van der Waals surface area contributed by atoms with Gasteiger partial charge in [-0.3, -0.25) is 0 Å². The number of ether oxygens (including phenoxy) is 1. The quantitative estimate of drug-likeness (QED) is 0.709. The van der Waals surface area contributed by atoms with E-state index in [9.17, 15) is 8.42 Å². The van der Waals surface area contributed by atoms with Crippen molar-refractivity contribution in [2.75, 3.05) is 25.2 Å². The maximum atomic E-state index is 11.6. The van der Waals surface area contributed by atoms with Crippen molar-refractivity contribution in [3.05, 3.63) is 0 Å². The fraction of sp³-hybridized carbons (Fsp3) is 1.00. The molecule has 0 aromatic rings. The fourth-order valence-corrected chi connectivity index (χ4v) is 4.58. The molecule has 0 radical (unpaired) electrons. The zero-order chi connectivity index (χ0) is 10.9. The van der Waals surface area contributed by atoms with E-state index in [0.29, 0.717) is 18.4 Å². The molecule has 2 atom stereocenters. The van der Waals surface area contributed by atoms with Crippen LogP contribution in [0.15, 0.2) is 0 Å². The Morgan fingerprint density at radius 1 is 1.47 bits per heavy atom. The number of sulfone groups is 1. The summed E-state index contributed by atoms with van der Waals surface area (Å²) in [5.74, 6) is 0.556. The first-order valence-corrected chi connectivity index (χ1v) is 7.39. The fourth-order valence-electron chi connectivity index (χ4n) is 2.71. The van der Waals surface area contributed by atoms with Gasteiger partial charge in [0.15, 0.2) is 9.84 Å². The van der Waals surface area contributed by atoms with Crippen molar-refractivity contribution in [3.8, 4) is 0 Å². The SMILES string of the molecule is CNC1CCOC2(CCCS(=O)(=O)C2)C1. The van der Waals surface area contributed by atoms with Gasteiger partial charge in [0.05, 0.1) is 17.1 Å². The van der Waals surface area contributed by atoms with Crippen molar-refractivity contribution in [1.29, 1.82) is 0 Å². The van der Waals surface area contributed by atoms with Crippen LogP contribution in [-0.4, -0.2) is 45.2 Å². The molecular weight excluding hydrogens is 214 g/mol. The molecular formula is C10H19NO3S. The lowest BCUT2D eigenvalue weighted by Gasteiger charge is -2.42. The van der Waals surface area contributed by atoms with Gasteiger partial charge in [0.1, 0.15) is 0 Å². The average molecular weight is 233 g/mol. The summed E-state index contributed by atoms with van der Waals surface area (Å²) in [6.07, 6.45) is 3.46. The Hall–Kier alpha value is -0.130. The molecule has 2 saturated heterocycles. The molecule has 2 unspecified atom stereocenters. The monoisotopic (exact) mass is 233 g/mol. The molecule has 0 aromatic carbocycles. The van der Waals surface area contributed by atoms with E-state index in [-0.39, 0.29) is 11.4 Å². The number of hydrogen-bond acceptors (Lipinski definition) is 4. The molecule has 0 aliphatic carbocycles. The largest absolute Gasteiger partial charge is 0.374 e. The summed E-state index contributed by atoms with van der Waals surface area (Å²) < 4.78 is 29.0. The first-order valence-electron chi connectivity index (χ1n) is 5.57. The number of nitrogens with one attached hydrogen (secondary N) is 1. The van der Waals surface area contributed by atoms with E-state index in [1.165, 1.54) is 0 Å². The number of hydrogen-bond donors (Lipinski definition) is 1. The second-order valence-corrected chi connectivity index (χ2v) is 6.89. The minimum atomic E-state index is -2.88. The standard InChI is InChI=1S/C10H19NO3S/c1-11-9-3-5-14-10(7-9)4-2-6-15(12,13)8-10/h9,11H,2-8H2,1H3. The van der Waals surface area contributed by atoms with Gasteiger partial charge >= 0.3 is 0 Å². The van der Waals surface area contributed by atoms with Crippen LogP contribution >= 0.6 is 0 Å². The molecule has 15 heavy (non-hydrogen) atoms.